The summed E-state index contributed by atoms with van der Waals surface area (Å²) in [5.41, 5.74) is 1.72. The van der Waals surface area contributed by atoms with E-state index in [0.29, 0.717) is 5.82 Å². The van der Waals surface area contributed by atoms with Crippen molar-refractivity contribution in [3.05, 3.63) is 47.7 Å². The average Bonchev–Trinajstić information content (AvgIpc) is 2.87. The Kier molecular flexibility index (Phi) is 9.37. The zero-order valence-corrected chi connectivity index (χ0v) is 18.0. The Morgan fingerprint density at radius 3 is 2.56 bits per heavy atom. The Morgan fingerprint density at radius 1 is 1.28 bits per heavy atom. The van der Waals surface area contributed by atoms with E-state index in [9.17, 15) is 14.7 Å². The van der Waals surface area contributed by atoms with Crippen LogP contribution in [0.25, 0.3) is 0 Å². The number of rotatable bonds is 7. The zero-order valence-electron chi connectivity index (χ0n) is 14.9. The summed E-state index contributed by atoms with van der Waals surface area (Å²) in [6, 6.07) is 10.5. The molecule has 0 fully saturated rings. The van der Waals surface area contributed by atoms with Crippen molar-refractivity contribution in [1.29, 1.82) is 0 Å². The van der Waals surface area contributed by atoms with E-state index in [1.54, 1.807) is 17.8 Å². The number of benzene rings is 1. The van der Waals surface area contributed by atoms with E-state index in [-0.39, 0.29) is 57.9 Å². The third-order valence-corrected chi connectivity index (χ3v) is 3.49. The molecular weight excluding hydrogens is 347 g/mol. The van der Waals surface area contributed by atoms with E-state index in [4.69, 9.17) is 0 Å². The second kappa shape index (κ2) is 10.7. The van der Waals surface area contributed by atoms with Gasteiger partial charge in [-0.05, 0) is 12.0 Å². The molecule has 0 radical (unpaired) electrons. The number of nitrogens with zero attached hydrogens (tertiary/aromatic N) is 3. The summed E-state index contributed by atoms with van der Waals surface area (Å²) >= 11 is 0. The van der Waals surface area contributed by atoms with Gasteiger partial charge in [0.05, 0.1) is 18.2 Å². The SMILES string of the molecule is CCCc1cc(NC(=O)N(CC(=O)[O-])Cc2ccccc2)n(C)n1.[K+]. The number of aromatic nitrogens is 2. The van der Waals surface area contributed by atoms with E-state index in [1.165, 1.54) is 4.90 Å². The minimum absolute atomic E-state index is 0. The molecule has 2 amide bonds. The van der Waals surface area contributed by atoms with E-state index in [2.05, 4.69) is 10.4 Å². The number of carbonyl (C=O) groups excluding carboxylic acids is 2. The molecule has 0 saturated heterocycles. The van der Waals surface area contributed by atoms with Crippen LogP contribution in [0.15, 0.2) is 36.4 Å². The van der Waals surface area contributed by atoms with Crippen molar-refractivity contribution >= 4 is 17.8 Å². The number of urea groups is 1. The average molecular weight is 368 g/mol. The largest absolute Gasteiger partial charge is 1.00 e. The van der Waals surface area contributed by atoms with Gasteiger partial charge in [-0.2, -0.15) is 5.10 Å². The standard InChI is InChI=1S/C17H22N4O3.K/c1-3-7-14-10-15(20(2)19-14)18-17(24)21(12-16(22)23)11-13-8-5-4-6-9-13;/h4-6,8-10H,3,7,11-12H2,1-2H3,(H,18,24)(H,22,23);/q;+1/p-1. The first kappa shape index (κ1) is 21.8. The molecule has 0 saturated carbocycles. The minimum atomic E-state index is -1.31. The number of hydrogen-bond acceptors (Lipinski definition) is 4. The van der Waals surface area contributed by atoms with Crippen molar-refractivity contribution in [2.75, 3.05) is 11.9 Å². The molecule has 1 N–H and O–H groups in total. The second-order valence-electron chi connectivity index (χ2n) is 5.54. The van der Waals surface area contributed by atoms with Crippen molar-refractivity contribution in [2.24, 2.45) is 7.05 Å². The number of carboxylic acids is 1. The number of hydrogen-bond donors (Lipinski definition) is 1. The molecule has 1 aromatic carbocycles. The zero-order chi connectivity index (χ0) is 17.5. The number of anilines is 1. The molecule has 0 atom stereocenters. The molecule has 8 heteroatoms. The number of aliphatic carboxylic acids is 1. The van der Waals surface area contributed by atoms with Crippen LogP contribution in [0.3, 0.4) is 0 Å². The molecule has 0 bridgehead atoms. The molecule has 0 spiro atoms. The molecule has 0 aliphatic rings. The first-order chi connectivity index (χ1) is 11.5. The Bertz CT molecular complexity index is 703. The number of aryl methyl sites for hydroxylation is 2. The summed E-state index contributed by atoms with van der Waals surface area (Å²) in [6.07, 6.45) is 1.77. The van der Waals surface area contributed by atoms with Gasteiger partial charge in [-0.1, -0.05) is 43.7 Å². The van der Waals surface area contributed by atoms with Crippen LogP contribution in [0, 0.1) is 0 Å². The summed E-state index contributed by atoms with van der Waals surface area (Å²) in [5, 5.41) is 18.0. The minimum Gasteiger partial charge on any atom is -0.548 e. The molecule has 0 aliphatic carbocycles. The first-order valence-corrected chi connectivity index (χ1v) is 7.82. The fourth-order valence-corrected chi connectivity index (χ4v) is 2.37. The quantitative estimate of drug-likeness (QED) is 0.582. The van der Waals surface area contributed by atoms with Crippen LogP contribution in [-0.2, 0) is 24.8 Å². The van der Waals surface area contributed by atoms with Gasteiger partial charge in [-0.25, -0.2) is 4.79 Å². The molecule has 25 heavy (non-hydrogen) atoms. The van der Waals surface area contributed by atoms with E-state index in [1.807, 2.05) is 37.3 Å². The molecule has 1 heterocycles. The van der Waals surface area contributed by atoms with Crippen molar-refractivity contribution in [2.45, 2.75) is 26.3 Å². The Balaban J connectivity index is 0.00000312. The van der Waals surface area contributed by atoms with Gasteiger partial charge < -0.3 is 14.8 Å². The van der Waals surface area contributed by atoms with Gasteiger partial charge in [-0.3, -0.25) is 10.00 Å². The fraction of sp³-hybridized carbons (Fsp3) is 0.353. The van der Waals surface area contributed by atoms with Crippen molar-refractivity contribution in [3.63, 3.8) is 0 Å². The molecule has 128 valence electrons. The summed E-state index contributed by atoms with van der Waals surface area (Å²) in [7, 11) is 1.73. The van der Waals surface area contributed by atoms with E-state index < -0.39 is 18.5 Å². The van der Waals surface area contributed by atoms with Gasteiger partial charge in [0.1, 0.15) is 5.82 Å². The van der Waals surface area contributed by atoms with Crippen molar-refractivity contribution in [1.82, 2.24) is 14.7 Å². The third-order valence-electron chi connectivity index (χ3n) is 3.49. The number of carboxylic acid groups (broad SMARTS) is 1. The predicted molar refractivity (Wildman–Crippen MR) is 88.1 cm³/mol. The Hall–Kier alpha value is -1.19. The van der Waals surface area contributed by atoms with Gasteiger partial charge in [0.15, 0.2) is 0 Å². The Morgan fingerprint density at radius 2 is 1.96 bits per heavy atom. The van der Waals surface area contributed by atoms with Gasteiger partial charge in [0, 0.05) is 19.7 Å². The molecular formula is C17H21KN4O3. The van der Waals surface area contributed by atoms with Crippen LogP contribution < -0.4 is 61.8 Å². The van der Waals surface area contributed by atoms with Gasteiger partial charge in [0.2, 0.25) is 0 Å². The van der Waals surface area contributed by atoms with Crippen LogP contribution in [0.5, 0.6) is 0 Å². The van der Waals surface area contributed by atoms with Crippen LogP contribution >= 0.6 is 0 Å². The monoisotopic (exact) mass is 368 g/mol. The second-order valence-corrected chi connectivity index (χ2v) is 5.54. The summed E-state index contributed by atoms with van der Waals surface area (Å²) in [4.78, 5) is 24.6. The molecule has 0 unspecified atom stereocenters. The van der Waals surface area contributed by atoms with Crippen molar-refractivity contribution in [3.8, 4) is 0 Å². The maximum atomic E-state index is 12.5. The van der Waals surface area contributed by atoms with Gasteiger partial charge in [-0.15, -0.1) is 0 Å². The summed E-state index contributed by atoms with van der Waals surface area (Å²) < 4.78 is 1.57. The maximum Gasteiger partial charge on any atom is 1.00 e. The van der Waals surface area contributed by atoms with Gasteiger partial charge >= 0.3 is 57.4 Å². The van der Waals surface area contributed by atoms with Crippen LogP contribution in [-0.4, -0.2) is 33.2 Å². The van der Waals surface area contributed by atoms with Crippen LogP contribution in [0.2, 0.25) is 0 Å². The molecule has 1 aromatic heterocycles. The van der Waals surface area contributed by atoms with Crippen LogP contribution in [0.1, 0.15) is 24.6 Å². The van der Waals surface area contributed by atoms with Gasteiger partial charge in [0.25, 0.3) is 0 Å². The molecule has 7 nitrogen and oxygen atoms in total. The van der Waals surface area contributed by atoms with Crippen molar-refractivity contribution < 1.29 is 66.1 Å². The van der Waals surface area contributed by atoms with E-state index >= 15 is 0 Å². The maximum absolute atomic E-state index is 12.5. The molecule has 2 rings (SSSR count). The topological polar surface area (TPSA) is 90.3 Å². The molecule has 0 aliphatic heterocycles. The van der Waals surface area contributed by atoms with Crippen LogP contribution in [0.4, 0.5) is 10.6 Å². The fourth-order valence-electron chi connectivity index (χ4n) is 2.37. The normalized spacial score (nSPS) is 10.0. The first-order valence-electron chi connectivity index (χ1n) is 7.82. The summed E-state index contributed by atoms with van der Waals surface area (Å²) in [5.74, 6) is -0.780. The smallest absolute Gasteiger partial charge is 0.548 e. The predicted octanol–water partition coefficient (Wildman–Crippen LogP) is -1.84. The molecule has 2 aromatic rings. The van der Waals surface area contributed by atoms with E-state index in [0.717, 1.165) is 24.1 Å². The summed E-state index contributed by atoms with van der Waals surface area (Å²) in [6.45, 7) is 1.75. The Labute approximate surface area is 189 Å². The number of carbonyl (C=O) groups is 2. The number of amides is 2. The third kappa shape index (κ3) is 6.91. The number of nitrogens with one attached hydrogen (secondary N) is 1.